The number of carboxylic acid groups (broad SMARTS) is 1. The van der Waals surface area contributed by atoms with Crippen molar-refractivity contribution in [3.63, 3.8) is 0 Å². The summed E-state index contributed by atoms with van der Waals surface area (Å²) in [5.41, 5.74) is 0.753. The van der Waals surface area contributed by atoms with E-state index in [0.29, 0.717) is 5.69 Å². The van der Waals surface area contributed by atoms with Gasteiger partial charge in [0.1, 0.15) is 0 Å². The van der Waals surface area contributed by atoms with E-state index >= 15 is 0 Å². The first kappa shape index (κ1) is 14.5. The number of amides is 1. The zero-order valence-electron chi connectivity index (χ0n) is 7.23. The molecule has 0 aliphatic carbocycles. The second-order valence-corrected chi connectivity index (χ2v) is 2.91. The fraction of sp³-hybridized carbons (Fsp3) is 0.111. The molecule has 0 radical (unpaired) electrons. The van der Waals surface area contributed by atoms with Crippen LogP contribution in [-0.2, 0) is 4.79 Å². The molecule has 6 heteroatoms. The number of nitrogens with one attached hydrogen (secondary N) is 1. The molecular weight excluding hydrogens is 225 g/mol. The average molecular weight is 235 g/mol. The van der Waals surface area contributed by atoms with Gasteiger partial charge in [0.15, 0.2) is 0 Å². The van der Waals surface area contributed by atoms with Gasteiger partial charge in [-0.15, -0.1) is 0 Å². The number of hydrogen-bond acceptors (Lipinski definition) is 3. The van der Waals surface area contributed by atoms with E-state index in [0.717, 1.165) is 0 Å². The van der Waals surface area contributed by atoms with Gasteiger partial charge in [-0.3, -0.25) is 4.79 Å². The van der Waals surface area contributed by atoms with Gasteiger partial charge in [-0.25, -0.2) is 4.79 Å². The Hall–Kier alpha value is -0.490. The van der Waals surface area contributed by atoms with Crippen LogP contribution in [0.4, 0.5) is 5.69 Å². The molecule has 0 bridgehead atoms. The van der Waals surface area contributed by atoms with Crippen LogP contribution in [-0.4, -0.2) is 52.3 Å². The molecule has 0 aromatic heterocycles. The van der Waals surface area contributed by atoms with Gasteiger partial charge in [0.25, 0.3) is 0 Å². The minimum atomic E-state index is -0.989. The van der Waals surface area contributed by atoms with Crippen LogP contribution in [0.25, 0.3) is 0 Å². The predicted molar refractivity (Wildman–Crippen MR) is 63.0 cm³/mol. The Morgan fingerprint density at radius 1 is 1.27 bits per heavy atom. The third-order valence-corrected chi connectivity index (χ3v) is 1.85. The van der Waals surface area contributed by atoms with E-state index < -0.39 is 5.97 Å². The summed E-state index contributed by atoms with van der Waals surface area (Å²) >= 11 is 3.79. The summed E-state index contributed by atoms with van der Waals surface area (Å²) in [6.07, 6.45) is 0. The van der Waals surface area contributed by atoms with Gasteiger partial charge in [0.2, 0.25) is 5.91 Å². The van der Waals surface area contributed by atoms with E-state index in [9.17, 15) is 9.59 Å². The molecule has 0 heterocycles. The van der Waals surface area contributed by atoms with Crippen LogP contribution in [0.5, 0.6) is 0 Å². The Balaban J connectivity index is 0.00000196. The fourth-order valence-corrected chi connectivity index (χ4v) is 0.976. The minimum absolute atomic E-state index is 0. The Morgan fingerprint density at radius 2 is 1.80 bits per heavy atom. The van der Waals surface area contributed by atoms with Crippen LogP contribution in [0.15, 0.2) is 24.3 Å². The van der Waals surface area contributed by atoms with Crippen molar-refractivity contribution in [2.75, 3.05) is 11.1 Å². The van der Waals surface area contributed by atoms with Gasteiger partial charge >= 0.3 is 35.5 Å². The van der Waals surface area contributed by atoms with Crippen LogP contribution < -0.4 is 5.32 Å². The van der Waals surface area contributed by atoms with E-state index in [-0.39, 0.29) is 46.8 Å². The van der Waals surface area contributed by atoms with E-state index in [1.54, 1.807) is 0 Å². The zero-order valence-corrected chi connectivity index (χ0v) is 8.12. The van der Waals surface area contributed by atoms with Crippen LogP contribution >= 0.6 is 12.6 Å². The van der Waals surface area contributed by atoms with Crippen molar-refractivity contribution in [1.29, 1.82) is 0 Å². The fourth-order valence-electron chi connectivity index (χ4n) is 0.897. The summed E-state index contributed by atoms with van der Waals surface area (Å²) in [6.45, 7) is 0. The topological polar surface area (TPSA) is 66.4 Å². The van der Waals surface area contributed by atoms with Gasteiger partial charge in [0.05, 0.1) is 11.3 Å². The molecular formula is C9H10NNaO3S. The molecule has 1 aromatic rings. The van der Waals surface area contributed by atoms with Crippen molar-refractivity contribution in [2.45, 2.75) is 0 Å². The summed E-state index contributed by atoms with van der Waals surface area (Å²) in [6, 6.07) is 5.92. The summed E-state index contributed by atoms with van der Waals surface area (Å²) in [7, 11) is 0. The Labute approximate surface area is 115 Å². The van der Waals surface area contributed by atoms with Crippen LogP contribution in [0.1, 0.15) is 10.4 Å². The molecule has 1 rings (SSSR count). The van der Waals surface area contributed by atoms with Crippen LogP contribution in [0, 0.1) is 0 Å². The molecule has 0 saturated carbocycles. The summed E-state index contributed by atoms with van der Waals surface area (Å²) < 4.78 is 0. The Morgan fingerprint density at radius 3 is 2.20 bits per heavy atom. The maximum absolute atomic E-state index is 10.9. The van der Waals surface area contributed by atoms with Gasteiger partial charge in [-0.1, -0.05) is 0 Å². The van der Waals surface area contributed by atoms with Gasteiger partial charge in [-0.05, 0) is 24.3 Å². The summed E-state index contributed by atoms with van der Waals surface area (Å²) in [5.74, 6) is -1.12. The number of hydrogen-bond donors (Lipinski definition) is 3. The van der Waals surface area contributed by atoms with E-state index in [1.165, 1.54) is 24.3 Å². The summed E-state index contributed by atoms with van der Waals surface area (Å²) in [4.78, 5) is 21.4. The second-order valence-electron chi connectivity index (χ2n) is 2.59. The Bertz CT molecular complexity index is 353. The number of benzene rings is 1. The molecule has 1 aromatic carbocycles. The SMILES string of the molecule is O=C(CS)Nc1ccc(C(=O)O)cc1.[NaH]. The molecule has 2 N–H and O–H groups in total. The molecule has 0 saturated heterocycles. The number of carbonyl (C=O) groups is 2. The van der Waals surface area contributed by atoms with Crippen molar-refractivity contribution in [3.05, 3.63) is 29.8 Å². The quantitative estimate of drug-likeness (QED) is 0.531. The molecule has 0 fully saturated rings. The number of anilines is 1. The number of aromatic carboxylic acids is 1. The second kappa shape index (κ2) is 6.90. The number of carboxylic acids is 1. The number of rotatable bonds is 3. The predicted octanol–water partition coefficient (Wildman–Crippen LogP) is 0.605. The van der Waals surface area contributed by atoms with Crippen LogP contribution in [0.2, 0.25) is 0 Å². The molecule has 0 aliphatic rings. The first-order valence-electron chi connectivity index (χ1n) is 3.87. The molecule has 4 nitrogen and oxygen atoms in total. The number of thiol groups is 1. The zero-order chi connectivity index (χ0) is 10.6. The molecule has 76 valence electrons. The molecule has 0 spiro atoms. The summed E-state index contributed by atoms with van der Waals surface area (Å²) in [5, 5.41) is 11.2. The third kappa shape index (κ3) is 4.70. The van der Waals surface area contributed by atoms with Gasteiger partial charge in [-0.2, -0.15) is 12.6 Å². The third-order valence-electron chi connectivity index (χ3n) is 1.56. The van der Waals surface area contributed by atoms with Gasteiger partial charge in [0, 0.05) is 5.69 Å². The van der Waals surface area contributed by atoms with Crippen molar-refractivity contribution in [1.82, 2.24) is 0 Å². The van der Waals surface area contributed by atoms with Crippen molar-refractivity contribution >= 4 is 59.7 Å². The van der Waals surface area contributed by atoms with E-state index in [1.807, 2.05) is 0 Å². The first-order valence-corrected chi connectivity index (χ1v) is 4.51. The van der Waals surface area contributed by atoms with Crippen molar-refractivity contribution < 1.29 is 14.7 Å². The first-order chi connectivity index (χ1) is 6.63. The molecule has 0 unspecified atom stereocenters. The van der Waals surface area contributed by atoms with E-state index in [4.69, 9.17) is 5.11 Å². The van der Waals surface area contributed by atoms with Crippen molar-refractivity contribution in [3.8, 4) is 0 Å². The maximum atomic E-state index is 10.9. The van der Waals surface area contributed by atoms with Crippen molar-refractivity contribution in [2.24, 2.45) is 0 Å². The molecule has 15 heavy (non-hydrogen) atoms. The normalized spacial score (nSPS) is 8.87. The standard InChI is InChI=1S/C9H9NO3S.Na.H/c11-8(5-14)10-7-3-1-6(2-4-7)9(12)13;;/h1-4,14H,5H2,(H,10,11)(H,12,13);;. The van der Waals surface area contributed by atoms with Gasteiger partial charge < -0.3 is 10.4 Å². The Kier molecular flexibility index (Phi) is 6.67. The monoisotopic (exact) mass is 235 g/mol. The molecule has 1 amide bonds. The molecule has 0 atom stereocenters. The van der Waals surface area contributed by atoms with Crippen LogP contribution in [0.3, 0.4) is 0 Å². The number of carbonyl (C=O) groups excluding carboxylic acids is 1. The molecule has 0 aliphatic heterocycles. The average Bonchev–Trinajstić information content (AvgIpc) is 2.18. The van der Waals surface area contributed by atoms with E-state index in [2.05, 4.69) is 17.9 Å².